The number of nitrogens with zero attached hydrogens (tertiary/aromatic N) is 8. The maximum absolute atomic E-state index is 14.3. The fraction of sp³-hybridized carbons (Fsp3) is 0.400. The molecule has 0 radical (unpaired) electrons. The summed E-state index contributed by atoms with van der Waals surface area (Å²) in [5, 5.41) is 0.989. The summed E-state index contributed by atoms with van der Waals surface area (Å²) in [6.07, 6.45) is 18.7. The van der Waals surface area contributed by atoms with Gasteiger partial charge in [0.25, 0.3) is 44.5 Å². The Morgan fingerprint density at radius 1 is 0.263 bits per heavy atom. The molecule has 4 aromatic carbocycles. The Morgan fingerprint density at radius 2 is 0.434 bits per heavy atom. The summed E-state index contributed by atoms with van der Waals surface area (Å²) < 4.78 is 5.18. The summed E-state index contributed by atoms with van der Waals surface area (Å²) in [4.78, 5) is 134. The topological polar surface area (TPSA) is 206 Å². The smallest absolute Gasteiger partial charge is 0.261 e. The molecule has 4 fully saturated rings. The zero-order valence-electron chi connectivity index (χ0n) is 42.0. The van der Waals surface area contributed by atoms with Crippen molar-refractivity contribution in [3.05, 3.63) is 178 Å². The van der Waals surface area contributed by atoms with E-state index >= 15 is 0 Å². The molecule has 0 N–H and O–H groups in total. The van der Waals surface area contributed by atoms with Crippen molar-refractivity contribution >= 4 is 67.9 Å². The van der Waals surface area contributed by atoms with Gasteiger partial charge < -0.3 is 0 Å². The number of rotatable bonds is 0. The Labute approximate surface area is 433 Å². The standard InChI is InChI=1S/C60H56N8O8/c69-53-37-25-39-40-26-38(37)54(70)65(53)49-13-5-1-9-45(49)61-29-33-17-19-34(20-18-33)30-62-46-10-2-7-15-51(46)67-57(73)41-27-43-44(28-42(41)58(67)74)60(76)68(59(43)75)52-16-8-4-12-48(52)64-32-36-23-21-35(22-24-36)31-63-47-11-3-6-14-50(47)66(55(39)71)56(40)72/h17-32,45-52H,1-16H2/t45-,46-,47-,48-,49-,50-,51-,52-/m1/s1. The monoisotopic (exact) mass is 1020 g/mol. The van der Waals surface area contributed by atoms with E-state index in [9.17, 15) is 38.4 Å². The lowest BCUT2D eigenvalue weighted by atomic mass is 9.90. The Hall–Kier alpha value is -7.88. The quantitative estimate of drug-likeness (QED) is 0.157. The van der Waals surface area contributed by atoms with Crippen LogP contribution >= 0.6 is 0 Å². The van der Waals surface area contributed by atoms with Gasteiger partial charge in [-0.3, -0.25) is 76.6 Å². The van der Waals surface area contributed by atoms with Crippen molar-refractivity contribution in [2.24, 2.45) is 20.0 Å². The number of aliphatic imine (C=N–C) groups is 4. The minimum Gasteiger partial charge on any atom is -0.287 e. The van der Waals surface area contributed by atoms with E-state index in [0.717, 1.165) is 73.6 Å². The number of benzene rings is 4. The molecule has 22 rings (SSSR count). The lowest BCUT2D eigenvalue weighted by Crippen LogP contribution is -2.38. The molecule has 4 aliphatic carbocycles. The van der Waals surface area contributed by atoms with Gasteiger partial charge in [-0.05, 0) is 97.9 Å². The number of aromatic nitrogens is 4. The van der Waals surface area contributed by atoms with Crippen molar-refractivity contribution in [3.63, 3.8) is 0 Å². The summed E-state index contributed by atoms with van der Waals surface area (Å²) >= 11 is 0. The zero-order valence-corrected chi connectivity index (χ0v) is 42.0. The lowest BCUT2D eigenvalue weighted by molar-refractivity contribution is 0.300. The first-order chi connectivity index (χ1) is 37.0. The molecule has 14 heterocycles. The van der Waals surface area contributed by atoms with E-state index in [1.807, 2.05) is 48.5 Å². The van der Waals surface area contributed by atoms with E-state index in [1.54, 1.807) is 24.9 Å². The van der Waals surface area contributed by atoms with Crippen LogP contribution in [-0.2, 0) is 0 Å². The van der Waals surface area contributed by atoms with E-state index < -0.39 is 68.6 Å². The number of hydrogen-bond donors (Lipinski definition) is 0. The van der Waals surface area contributed by atoms with Crippen LogP contribution in [0, 0.1) is 0 Å². The van der Waals surface area contributed by atoms with Crippen molar-refractivity contribution < 1.29 is 0 Å². The Morgan fingerprint density at radius 3 is 0.618 bits per heavy atom. The molecule has 10 aliphatic heterocycles. The van der Waals surface area contributed by atoms with Crippen LogP contribution in [-0.4, -0.2) is 67.3 Å². The second-order valence-electron chi connectivity index (χ2n) is 21.9. The summed E-state index contributed by atoms with van der Waals surface area (Å²) in [6.45, 7) is 0. The highest BCUT2D eigenvalue weighted by Gasteiger charge is 2.36. The van der Waals surface area contributed by atoms with Crippen LogP contribution in [0.5, 0.6) is 0 Å². The van der Waals surface area contributed by atoms with E-state index in [2.05, 4.69) is 0 Å². The molecule has 4 saturated carbocycles. The van der Waals surface area contributed by atoms with Gasteiger partial charge in [0.05, 0.1) is 91.4 Å². The average molecular weight is 1020 g/mol. The van der Waals surface area contributed by atoms with Gasteiger partial charge in [-0.25, -0.2) is 0 Å². The van der Waals surface area contributed by atoms with Gasteiger partial charge in [-0.15, -0.1) is 0 Å². The second-order valence-corrected chi connectivity index (χ2v) is 21.9. The Kier molecular flexibility index (Phi) is 12.0. The molecular formula is C60H56N8O8. The molecular weight excluding hydrogens is 961 g/mol. The van der Waals surface area contributed by atoms with Gasteiger partial charge in [0, 0.05) is 24.9 Å². The molecule has 0 unspecified atom stereocenters. The third-order valence-corrected chi connectivity index (χ3v) is 17.5. The van der Waals surface area contributed by atoms with Crippen LogP contribution in [0.25, 0.3) is 43.1 Å². The lowest BCUT2D eigenvalue weighted by Gasteiger charge is -2.29. The van der Waals surface area contributed by atoms with E-state index in [0.29, 0.717) is 51.4 Å². The highest BCUT2D eigenvalue weighted by atomic mass is 16.2. The molecule has 14 aliphatic rings. The normalized spacial score (nSPS) is 25.3. The maximum atomic E-state index is 14.3. The highest BCUT2D eigenvalue weighted by Crippen LogP contribution is 2.35. The van der Waals surface area contributed by atoms with Gasteiger partial charge in [-0.2, -0.15) is 0 Å². The van der Waals surface area contributed by atoms with E-state index in [1.165, 1.54) is 42.5 Å². The SMILES string of the molecule is O=c1c2cc3c(=O)n4c(=O)c3cc2c(=O)n1[C@@H]1CCCC[C@H]1N=Cc1ccc(cc1)C=N[C@@H]1CCCC[C@H]1n1c(=O)c2cc3c(=O)n(c(=O)c3cc2c1=O)[C@@H]1CCCC[C@H]1N=Cc1ccc(cc1)C=N[C@@H]1CCCC[C@H]14. The Bertz CT molecular complexity index is 3520. The largest absolute Gasteiger partial charge is 0.287 e. The first kappa shape index (κ1) is 47.8. The van der Waals surface area contributed by atoms with Crippen molar-refractivity contribution in [2.45, 2.75) is 151 Å². The molecule has 76 heavy (non-hydrogen) atoms. The predicted molar refractivity (Wildman–Crippen MR) is 298 cm³/mol. The second kappa shape index (κ2) is 19.0. The predicted octanol–water partition coefficient (Wildman–Crippen LogP) is 6.86. The molecule has 8 aromatic rings. The number of hydrogen-bond acceptors (Lipinski definition) is 12. The van der Waals surface area contributed by atoms with Crippen LogP contribution < -0.4 is 44.5 Å². The summed E-state index contributed by atoms with van der Waals surface area (Å²) in [6, 6.07) is 17.6. The zero-order chi connectivity index (χ0) is 51.9. The van der Waals surface area contributed by atoms with Crippen molar-refractivity contribution in [1.82, 2.24) is 18.3 Å². The molecule has 4 aromatic heterocycles. The van der Waals surface area contributed by atoms with E-state index in [4.69, 9.17) is 20.0 Å². The fourth-order valence-corrected chi connectivity index (χ4v) is 13.6. The molecule has 16 bridgehead atoms. The van der Waals surface area contributed by atoms with Crippen LogP contribution in [0.4, 0.5) is 0 Å². The third kappa shape index (κ3) is 7.92. The fourth-order valence-electron chi connectivity index (χ4n) is 13.6. The minimum atomic E-state index is -0.510. The minimum absolute atomic E-state index is 0.124. The first-order valence-corrected chi connectivity index (χ1v) is 27.2. The van der Waals surface area contributed by atoms with Gasteiger partial charge in [0.15, 0.2) is 0 Å². The van der Waals surface area contributed by atoms with Crippen molar-refractivity contribution in [3.8, 4) is 0 Å². The maximum Gasteiger partial charge on any atom is 0.261 e. The Balaban J connectivity index is 0.894. The van der Waals surface area contributed by atoms with Crippen molar-refractivity contribution in [2.75, 3.05) is 0 Å². The molecule has 0 spiro atoms. The molecule has 0 amide bonds. The van der Waals surface area contributed by atoms with Crippen LogP contribution in [0.3, 0.4) is 0 Å². The van der Waals surface area contributed by atoms with Crippen molar-refractivity contribution in [1.29, 1.82) is 0 Å². The average Bonchev–Trinajstić information content (AvgIpc) is 4.14. The summed E-state index contributed by atoms with van der Waals surface area (Å²) in [7, 11) is 0. The molecule has 0 saturated heterocycles. The van der Waals surface area contributed by atoms with Gasteiger partial charge >= 0.3 is 0 Å². The van der Waals surface area contributed by atoms with Crippen LogP contribution in [0.1, 0.15) is 149 Å². The molecule has 8 atom stereocenters. The molecule has 16 nitrogen and oxygen atoms in total. The molecule has 384 valence electrons. The van der Waals surface area contributed by atoms with E-state index in [-0.39, 0.29) is 67.3 Å². The summed E-state index contributed by atoms with van der Waals surface area (Å²) in [5.74, 6) is 0. The van der Waals surface area contributed by atoms with Gasteiger partial charge in [-0.1, -0.05) is 99.9 Å². The summed E-state index contributed by atoms with van der Waals surface area (Å²) in [5.41, 5.74) is -0.645. The van der Waals surface area contributed by atoms with Gasteiger partial charge in [0.2, 0.25) is 0 Å². The molecule has 16 heteroatoms. The van der Waals surface area contributed by atoms with Crippen LogP contribution in [0.15, 0.2) is 131 Å². The van der Waals surface area contributed by atoms with Gasteiger partial charge in [0.1, 0.15) is 0 Å². The highest BCUT2D eigenvalue weighted by molar-refractivity contribution is 5.99. The van der Waals surface area contributed by atoms with Crippen LogP contribution in [0.2, 0.25) is 0 Å². The first-order valence-electron chi connectivity index (χ1n) is 27.2. The third-order valence-electron chi connectivity index (χ3n) is 17.5.